The molecule has 1 aliphatic rings. The zero-order valence-corrected chi connectivity index (χ0v) is 13.8. The second-order valence-corrected chi connectivity index (χ2v) is 5.68. The number of allylic oxidation sites excluding steroid dienone is 1. The summed E-state index contributed by atoms with van der Waals surface area (Å²) in [5, 5.41) is 29.0. The minimum atomic E-state index is -1.11. The van der Waals surface area contributed by atoms with E-state index in [1.165, 1.54) is 7.11 Å². The first-order chi connectivity index (χ1) is 11.3. The summed E-state index contributed by atoms with van der Waals surface area (Å²) in [6.07, 6.45) is 0.271. The molecule has 0 aliphatic carbocycles. The molecule has 0 bridgehead atoms. The highest BCUT2D eigenvalue weighted by atomic mass is 16.5. The first-order valence-electron chi connectivity index (χ1n) is 7.42. The molecule has 1 heterocycles. The van der Waals surface area contributed by atoms with Crippen molar-refractivity contribution in [2.45, 2.75) is 39.4 Å². The molecular formula is C17H20O7. The second-order valence-electron chi connectivity index (χ2n) is 5.68. The molecule has 0 saturated carbocycles. The van der Waals surface area contributed by atoms with Crippen LogP contribution in [0.1, 0.15) is 40.4 Å². The molecule has 24 heavy (non-hydrogen) atoms. The Morgan fingerprint density at radius 1 is 1.46 bits per heavy atom. The van der Waals surface area contributed by atoms with E-state index in [0.717, 1.165) is 0 Å². The van der Waals surface area contributed by atoms with Crippen molar-refractivity contribution in [3.8, 4) is 11.5 Å². The van der Waals surface area contributed by atoms with Crippen LogP contribution in [0.2, 0.25) is 0 Å². The van der Waals surface area contributed by atoms with Crippen molar-refractivity contribution in [2.24, 2.45) is 0 Å². The van der Waals surface area contributed by atoms with E-state index in [1.54, 1.807) is 19.9 Å². The van der Waals surface area contributed by atoms with Crippen LogP contribution in [-0.2, 0) is 22.6 Å². The Hall–Kier alpha value is -2.54. The Morgan fingerprint density at radius 3 is 2.71 bits per heavy atom. The van der Waals surface area contributed by atoms with Gasteiger partial charge in [-0.15, -0.1) is 0 Å². The maximum atomic E-state index is 11.8. The summed E-state index contributed by atoms with van der Waals surface area (Å²) in [7, 11) is 1.46. The number of hydrogen-bond acceptors (Lipinski definition) is 6. The minimum absolute atomic E-state index is 0.0936. The molecule has 0 radical (unpaired) electrons. The minimum Gasteiger partial charge on any atom is -0.507 e. The number of aliphatic hydroxyl groups excluding tert-OH is 1. The third-order valence-corrected chi connectivity index (χ3v) is 4.17. The van der Waals surface area contributed by atoms with Gasteiger partial charge in [-0.1, -0.05) is 6.08 Å². The van der Waals surface area contributed by atoms with Gasteiger partial charge in [-0.2, -0.15) is 0 Å². The topological polar surface area (TPSA) is 113 Å². The summed E-state index contributed by atoms with van der Waals surface area (Å²) >= 11 is 0. The lowest BCUT2D eigenvalue weighted by Crippen LogP contribution is -2.14. The van der Waals surface area contributed by atoms with E-state index >= 15 is 0 Å². The normalized spacial score (nSPS) is 15.0. The van der Waals surface area contributed by atoms with Gasteiger partial charge in [-0.25, -0.2) is 4.79 Å². The van der Waals surface area contributed by atoms with Gasteiger partial charge < -0.3 is 24.8 Å². The van der Waals surface area contributed by atoms with Gasteiger partial charge in [-0.3, -0.25) is 4.79 Å². The van der Waals surface area contributed by atoms with Crippen LogP contribution in [0, 0.1) is 6.92 Å². The number of carbonyl (C=O) groups is 2. The molecule has 0 fully saturated rings. The van der Waals surface area contributed by atoms with E-state index < -0.39 is 24.5 Å². The Balaban J connectivity index is 2.40. The van der Waals surface area contributed by atoms with Gasteiger partial charge >= 0.3 is 11.9 Å². The van der Waals surface area contributed by atoms with Crippen molar-refractivity contribution >= 4 is 11.9 Å². The van der Waals surface area contributed by atoms with Gasteiger partial charge in [-0.05, 0) is 31.4 Å². The first-order valence-corrected chi connectivity index (χ1v) is 7.42. The van der Waals surface area contributed by atoms with E-state index in [2.05, 4.69) is 0 Å². The van der Waals surface area contributed by atoms with Crippen molar-refractivity contribution in [1.29, 1.82) is 0 Å². The van der Waals surface area contributed by atoms with Gasteiger partial charge in [0.15, 0.2) is 0 Å². The SMILES string of the molecule is COc1c(C)c2c(c(O)c1CC=C(C)[C@H](O)CC(=O)O)C(=O)OC2. The molecule has 1 aromatic carbocycles. The lowest BCUT2D eigenvalue weighted by atomic mass is 9.94. The number of benzene rings is 1. The van der Waals surface area contributed by atoms with E-state index in [0.29, 0.717) is 28.0 Å². The molecule has 1 aliphatic heterocycles. The number of cyclic esters (lactones) is 1. The van der Waals surface area contributed by atoms with Gasteiger partial charge in [0.2, 0.25) is 0 Å². The van der Waals surface area contributed by atoms with E-state index in [-0.39, 0.29) is 24.3 Å². The molecular weight excluding hydrogens is 316 g/mol. The summed E-state index contributed by atoms with van der Waals surface area (Å²) in [5.74, 6) is -1.44. The van der Waals surface area contributed by atoms with Crippen LogP contribution in [0.3, 0.4) is 0 Å². The highest BCUT2D eigenvalue weighted by Gasteiger charge is 2.31. The van der Waals surface area contributed by atoms with Crippen LogP contribution in [0.25, 0.3) is 0 Å². The number of rotatable bonds is 6. The molecule has 0 unspecified atom stereocenters. The molecule has 0 aromatic heterocycles. The summed E-state index contributed by atoms with van der Waals surface area (Å²) in [6, 6.07) is 0. The van der Waals surface area contributed by atoms with Crippen LogP contribution in [-0.4, -0.2) is 40.5 Å². The number of aliphatic carboxylic acids is 1. The number of carboxylic acid groups (broad SMARTS) is 1. The first kappa shape index (κ1) is 17.8. The van der Waals surface area contributed by atoms with Crippen LogP contribution in [0.15, 0.2) is 11.6 Å². The molecule has 2 rings (SSSR count). The number of esters is 1. The molecule has 7 nitrogen and oxygen atoms in total. The maximum Gasteiger partial charge on any atom is 0.342 e. The number of phenols is 1. The number of carbonyl (C=O) groups excluding carboxylic acids is 1. The van der Waals surface area contributed by atoms with Gasteiger partial charge in [0.1, 0.15) is 23.7 Å². The smallest absolute Gasteiger partial charge is 0.342 e. The highest BCUT2D eigenvalue weighted by molar-refractivity contribution is 5.98. The number of ether oxygens (including phenoxy) is 2. The standard InChI is InChI=1S/C17H20O7/c1-8(12(18)6-13(19)20)4-5-10-15(21)14-11(7-24-17(14)22)9(2)16(10)23-3/h4,12,18,21H,5-7H2,1-3H3,(H,19,20)/t12-/m1/s1. The monoisotopic (exact) mass is 336 g/mol. The maximum absolute atomic E-state index is 11.8. The fraction of sp³-hybridized carbons (Fsp3) is 0.412. The largest absolute Gasteiger partial charge is 0.507 e. The highest BCUT2D eigenvalue weighted by Crippen LogP contribution is 2.42. The van der Waals surface area contributed by atoms with Gasteiger partial charge in [0, 0.05) is 11.1 Å². The average Bonchev–Trinajstić information content (AvgIpc) is 2.90. The van der Waals surface area contributed by atoms with E-state index in [9.17, 15) is 19.8 Å². The Bertz CT molecular complexity index is 718. The Kier molecular flexibility index (Phi) is 5.14. The third-order valence-electron chi connectivity index (χ3n) is 4.17. The summed E-state index contributed by atoms with van der Waals surface area (Å²) in [4.78, 5) is 22.5. The fourth-order valence-electron chi connectivity index (χ4n) is 2.75. The second kappa shape index (κ2) is 6.92. The molecule has 0 spiro atoms. The lowest BCUT2D eigenvalue weighted by molar-refractivity contribution is -0.138. The van der Waals surface area contributed by atoms with Crippen molar-refractivity contribution in [3.63, 3.8) is 0 Å². The number of phenolic OH excluding ortho intramolecular Hbond substituents is 1. The molecule has 1 aromatic rings. The van der Waals surface area contributed by atoms with Crippen LogP contribution in [0.5, 0.6) is 11.5 Å². The predicted molar refractivity (Wildman–Crippen MR) is 84.2 cm³/mol. The summed E-state index contributed by atoms with van der Waals surface area (Å²) < 4.78 is 10.3. The van der Waals surface area contributed by atoms with Crippen molar-refractivity contribution < 1.29 is 34.4 Å². The van der Waals surface area contributed by atoms with Crippen molar-refractivity contribution in [3.05, 3.63) is 33.9 Å². The zero-order valence-electron chi connectivity index (χ0n) is 13.8. The van der Waals surface area contributed by atoms with Gasteiger partial charge in [0.05, 0.1) is 19.6 Å². The fourth-order valence-corrected chi connectivity index (χ4v) is 2.75. The van der Waals surface area contributed by atoms with E-state index in [4.69, 9.17) is 14.6 Å². The molecule has 7 heteroatoms. The molecule has 130 valence electrons. The molecule has 0 saturated heterocycles. The average molecular weight is 336 g/mol. The van der Waals surface area contributed by atoms with Crippen LogP contribution >= 0.6 is 0 Å². The Labute approximate surface area is 139 Å². The Morgan fingerprint density at radius 2 is 2.12 bits per heavy atom. The molecule has 3 N–H and O–H groups in total. The number of fused-ring (bicyclic) bond motifs is 1. The summed E-state index contributed by atoms with van der Waals surface area (Å²) in [5.41, 5.74) is 2.31. The van der Waals surface area contributed by atoms with Crippen LogP contribution < -0.4 is 4.74 Å². The van der Waals surface area contributed by atoms with Crippen molar-refractivity contribution in [1.82, 2.24) is 0 Å². The number of aromatic hydroxyl groups is 1. The van der Waals surface area contributed by atoms with Crippen LogP contribution in [0.4, 0.5) is 0 Å². The third kappa shape index (κ3) is 3.21. The lowest BCUT2D eigenvalue weighted by Gasteiger charge is -2.16. The number of carboxylic acids is 1. The summed E-state index contributed by atoms with van der Waals surface area (Å²) in [6.45, 7) is 3.47. The van der Waals surface area contributed by atoms with Gasteiger partial charge in [0.25, 0.3) is 0 Å². The molecule has 0 amide bonds. The number of hydrogen-bond donors (Lipinski definition) is 3. The molecule has 1 atom stereocenters. The zero-order chi connectivity index (χ0) is 18.0. The van der Waals surface area contributed by atoms with Crippen molar-refractivity contribution in [2.75, 3.05) is 7.11 Å². The quantitative estimate of drug-likeness (QED) is 0.535. The van der Waals surface area contributed by atoms with E-state index in [1.807, 2.05) is 0 Å². The number of aliphatic hydroxyl groups is 1. The predicted octanol–water partition coefficient (Wildman–Crippen LogP) is 1.70. The number of methoxy groups -OCH3 is 1.